The molecule has 100 valence electrons. The van der Waals surface area contributed by atoms with Crippen molar-refractivity contribution in [3.8, 4) is 0 Å². The van der Waals surface area contributed by atoms with Gasteiger partial charge in [-0.05, 0) is 44.5 Å². The molecule has 0 spiro atoms. The molecule has 0 aromatic rings. The molecule has 2 aliphatic rings. The van der Waals surface area contributed by atoms with E-state index in [4.69, 9.17) is 0 Å². The zero-order valence-corrected chi connectivity index (χ0v) is 12.4. The molecule has 0 amide bonds. The Balaban J connectivity index is 1.88. The normalized spacial score (nSPS) is 39.7. The van der Waals surface area contributed by atoms with E-state index in [1.54, 1.807) is 0 Å². The molecule has 4 atom stereocenters. The van der Waals surface area contributed by atoms with Crippen molar-refractivity contribution in [2.45, 2.75) is 56.9 Å². The van der Waals surface area contributed by atoms with E-state index in [1.165, 1.54) is 38.8 Å². The van der Waals surface area contributed by atoms with Crippen molar-refractivity contribution in [1.82, 2.24) is 10.2 Å². The van der Waals surface area contributed by atoms with Crippen molar-refractivity contribution >= 4 is 11.8 Å². The molecule has 0 aromatic heterocycles. The minimum atomic E-state index is 0.755. The smallest absolute Gasteiger partial charge is 0.0214 e. The number of piperidine rings is 1. The van der Waals surface area contributed by atoms with E-state index in [0.717, 1.165) is 29.8 Å². The SMILES string of the molecule is CCNC1CCN(C2CCCC2SC)CC1C. The molecule has 1 aliphatic carbocycles. The monoisotopic (exact) mass is 256 g/mol. The number of hydrogen-bond donors (Lipinski definition) is 1. The lowest BCUT2D eigenvalue weighted by molar-refractivity contribution is 0.109. The third-order valence-electron chi connectivity index (χ3n) is 4.59. The Morgan fingerprint density at radius 1 is 1.29 bits per heavy atom. The van der Waals surface area contributed by atoms with E-state index in [0.29, 0.717) is 0 Å². The van der Waals surface area contributed by atoms with Crippen molar-refractivity contribution in [3.05, 3.63) is 0 Å². The summed E-state index contributed by atoms with van der Waals surface area (Å²) in [6, 6.07) is 1.63. The van der Waals surface area contributed by atoms with Crippen LogP contribution in [-0.2, 0) is 0 Å². The number of nitrogens with zero attached hydrogens (tertiary/aromatic N) is 1. The van der Waals surface area contributed by atoms with Gasteiger partial charge in [-0.25, -0.2) is 0 Å². The van der Waals surface area contributed by atoms with Crippen molar-refractivity contribution in [1.29, 1.82) is 0 Å². The second kappa shape index (κ2) is 6.44. The third-order valence-corrected chi connectivity index (χ3v) is 5.75. The maximum absolute atomic E-state index is 3.64. The fraction of sp³-hybridized carbons (Fsp3) is 1.00. The average molecular weight is 256 g/mol. The van der Waals surface area contributed by atoms with E-state index in [2.05, 4.69) is 42.1 Å². The molecular weight excluding hydrogens is 228 g/mol. The van der Waals surface area contributed by atoms with Gasteiger partial charge in [-0.3, -0.25) is 4.90 Å². The van der Waals surface area contributed by atoms with E-state index < -0.39 is 0 Å². The van der Waals surface area contributed by atoms with Crippen LogP contribution >= 0.6 is 11.8 Å². The second-order valence-electron chi connectivity index (χ2n) is 5.70. The summed E-state index contributed by atoms with van der Waals surface area (Å²) in [7, 11) is 0. The fourth-order valence-corrected chi connectivity index (χ4v) is 4.67. The van der Waals surface area contributed by atoms with Crippen LogP contribution in [0.5, 0.6) is 0 Å². The van der Waals surface area contributed by atoms with Crippen LogP contribution in [0.25, 0.3) is 0 Å². The summed E-state index contributed by atoms with van der Waals surface area (Å²) in [6.45, 7) is 8.37. The van der Waals surface area contributed by atoms with Crippen LogP contribution in [0.3, 0.4) is 0 Å². The molecule has 2 nitrogen and oxygen atoms in total. The third kappa shape index (κ3) is 3.18. The van der Waals surface area contributed by atoms with Gasteiger partial charge in [0.1, 0.15) is 0 Å². The predicted octanol–water partition coefficient (Wildman–Crippen LogP) is 2.59. The molecule has 1 aliphatic heterocycles. The molecule has 1 saturated carbocycles. The highest BCUT2D eigenvalue weighted by Crippen LogP contribution is 2.34. The second-order valence-corrected chi connectivity index (χ2v) is 6.77. The fourth-order valence-electron chi connectivity index (χ4n) is 3.64. The van der Waals surface area contributed by atoms with E-state index in [-0.39, 0.29) is 0 Å². The zero-order valence-electron chi connectivity index (χ0n) is 11.6. The van der Waals surface area contributed by atoms with Gasteiger partial charge in [0.05, 0.1) is 0 Å². The van der Waals surface area contributed by atoms with Gasteiger partial charge >= 0.3 is 0 Å². The molecule has 0 aromatic carbocycles. The lowest BCUT2D eigenvalue weighted by Gasteiger charge is -2.42. The van der Waals surface area contributed by atoms with E-state index in [1.807, 2.05) is 0 Å². The molecule has 1 N–H and O–H groups in total. The quantitative estimate of drug-likeness (QED) is 0.832. The maximum atomic E-state index is 3.64. The van der Waals surface area contributed by atoms with Crippen molar-refractivity contribution in [3.63, 3.8) is 0 Å². The molecule has 1 saturated heterocycles. The molecule has 3 heteroatoms. The Labute approximate surface area is 111 Å². The van der Waals surface area contributed by atoms with Crippen LogP contribution in [0.15, 0.2) is 0 Å². The molecule has 0 radical (unpaired) electrons. The Morgan fingerprint density at radius 2 is 2.12 bits per heavy atom. The van der Waals surface area contributed by atoms with E-state index >= 15 is 0 Å². The van der Waals surface area contributed by atoms with E-state index in [9.17, 15) is 0 Å². The van der Waals surface area contributed by atoms with Crippen molar-refractivity contribution in [2.75, 3.05) is 25.9 Å². The first-order valence-electron chi connectivity index (χ1n) is 7.26. The summed E-state index contributed by atoms with van der Waals surface area (Å²) >= 11 is 2.09. The number of thioether (sulfide) groups is 1. The van der Waals surface area contributed by atoms with Crippen LogP contribution in [0.4, 0.5) is 0 Å². The van der Waals surface area contributed by atoms with Gasteiger partial charge in [0, 0.05) is 23.9 Å². The van der Waals surface area contributed by atoms with Crippen LogP contribution in [0.2, 0.25) is 0 Å². The van der Waals surface area contributed by atoms with Gasteiger partial charge in [0.2, 0.25) is 0 Å². The summed E-state index contributed by atoms with van der Waals surface area (Å²) in [5.74, 6) is 0.812. The summed E-state index contributed by atoms with van der Waals surface area (Å²) in [6.07, 6.45) is 7.94. The molecule has 4 unspecified atom stereocenters. The number of hydrogen-bond acceptors (Lipinski definition) is 3. The van der Waals surface area contributed by atoms with Gasteiger partial charge in [0.15, 0.2) is 0 Å². The lowest BCUT2D eigenvalue weighted by atomic mass is 9.92. The molecule has 2 rings (SSSR count). The minimum absolute atomic E-state index is 0.755. The maximum Gasteiger partial charge on any atom is 0.0214 e. The van der Waals surface area contributed by atoms with Crippen molar-refractivity contribution in [2.24, 2.45) is 5.92 Å². The first-order chi connectivity index (χ1) is 8.26. The zero-order chi connectivity index (χ0) is 12.3. The average Bonchev–Trinajstić information content (AvgIpc) is 2.80. The Hall–Kier alpha value is 0.270. The predicted molar refractivity (Wildman–Crippen MR) is 77.8 cm³/mol. The Bertz CT molecular complexity index is 234. The van der Waals surface area contributed by atoms with Crippen molar-refractivity contribution < 1.29 is 0 Å². The summed E-state index contributed by atoms with van der Waals surface area (Å²) < 4.78 is 0. The molecule has 2 fully saturated rings. The number of nitrogens with one attached hydrogen (secondary N) is 1. The summed E-state index contributed by atoms with van der Waals surface area (Å²) in [4.78, 5) is 2.78. The summed E-state index contributed by atoms with van der Waals surface area (Å²) in [5.41, 5.74) is 0. The highest BCUT2D eigenvalue weighted by molar-refractivity contribution is 7.99. The first kappa shape index (κ1) is 13.7. The van der Waals surface area contributed by atoms with Gasteiger partial charge in [-0.1, -0.05) is 20.3 Å². The number of likely N-dealkylation sites (tertiary alicyclic amines) is 1. The van der Waals surface area contributed by atoms with Crippen LogP contribution < -0.4 is 5.32 Å². The summed E-state index contributed by atoms with van der Waals surface area (Å²) in [5, 5.41) is 4.54. The first-order valence-corrected chi connectivity index (χ1v) is 8.55. The topological polar surface area (TPSA) is 15.3 Å². The Kier molecular flexibility index (Phi) is 5.19. The lowest BCUT2D eigenvalue weighted by Crippen LogP contribution is -2.52. The molecule has 0 bridgehead atoms. The van der Waals surface area contributed by atoms with Gasteiger partial charge in [-0.2, -0.15) is 11.8 Å². The minimum Gasteiger partial charge on any atom is -0.314 e. The standard InChI is InChI=1S/C14H28N2S/c1-4-15-12-8-9-16(10-11(12)2)13-6-5-7-14(13)17-3/h11-15H,4-10H2,1-3H3. The largest absolute Gasteiger partial charge is 0.314 e. The van der Waals surface area contributed by atoms with Crippen LogP contribution in [-0.4, -0.2) is 48.1 Å². The van der Waals surface area contributed by atoms with Gasteiger partial charge in [0.25, 0.3) is 0 Å². The molecular formula is C14H28N2S. The Morgan fingerprint density at radius 3 is 2.76 bits per heavy atom. The number of rotatable bonds is 4. The molecule has 17 heavy (non-hydrogen) atoms. The molecule has 1 heterocycles. The highest BCUT2D eigenvalue weighted by Gasteiger charge is 2.35. The van der Waals surface area contributed by atoms with Crippen LogP contribution in [0, 0.1) is 5.92 Å². The van der Waals surface area contributed by atoms with Gasteiger partial charge < -0.3 is 5.32 Å². The highest BCUT2D eigenvalue weighted by atomic mass is 32.2. The van der Waals surface area contributed by atoms with Gasteiger partial charge in [-0.15, -0.1) is 0 Å². The van der Waals surface area contributed by atoms with Crippen LogP contribution in [0.1, 0.15) is 39.5 Å².